The highest BCUT2D eigenvalue weighted by Crippen LogP contribution is 2.23. The van der Waals surface area contributed by atoms with Crippen LogP contribution in [0.1, 0.15) is 46.6 Å². The second-order valence-corrected chi connectivity index (χ2v) is 5.72. The number of nitrogens with one attached hydrogen (secondary N) is 1. The molecule has 1 aromatic heterocycles. The van der Waals surface area contributed by atoms with E-state index >= 15 is 0 Å². The monoisotopic (exact) mass is 313 g/mol. The number of fused-ring (bicyclic) bond motifs is 1. The smallest absolute Gasteiger partial charge is 0.338 e. The van der Waals surface area contributed by atoms with Crippen LogP contribution in [0.5, 0.6) is 0 Å². The fourth-order valence-electron chi connectivity index (χ4n) is 2.81. The maximum Gasteiger partial charge on any atom is 0.338 e. The van der Waals surface area contributed by atoms with Crippen LogP contribution in [-0.2, 0) is 22.4 Å². The number of hydrogen-bond donors (Lipinski definition) is 1. The first-order chi connectivity index (χ1) is 11.1. The average molecular weight is 313 g/mol. The van der Waals surface area contributed by atoms with Gasteiger partial charge in [0.1, 0.15) is 5.76 Å². The zero-order chi connectivity index (χ0) is 16.2. The number of hydrogen-bond acceptors (Lipinski definition) is 4. The van der Waals surface area contributed by atoms with Crippen molar-refractivity contribution in [1.82, 2.24) is 5.32 Å². The van der Waals surface area contributed by atoms with Crippen LogP contribution in [0, 0.1) is 0 Å². The molecule has 23 heavy (non-hydrogen) atoms. The zero-order valence-electron chi connectivity index (χ0n) is 13.0. The number of amides is 1. The third-order valence-corrected chi connectivity index (χ3v) is 4.02. The summed E-state index contributed by atoms with van der Waals surface area (Å²) in [5.41, 5.74) is 3.00. The van der Waals surface area contributed by atoms with Crippen molar-refractivity contribution in [3.05, 3.63) is 59.0 Å². The van der Waals surface area contributed by atoms with Crippen LogP contribution in [0.4, 0.5) is 0 Å². The molecule has 0 radical (unpaired) electrons. The van der Waals surface area contributed by atoms with Gasteiger partial charge in [-0.05, 0) is 61.6 Å². The van der Waals surface area contributed by atoms with Gasteiger partial charge < -0.3 is 14.5 Å². The summed E-state index contributed by atoms with van der Waals surface area (Å²) in [6, 6.07) is 8.87. The van der Waals surface area contributed by atoms with E-state index < -0.39 is 5.97 Å². The predicted molar refractivity (Wildman–Crippen MR) is 84.0 cm³/mol. The minimum absolute atomic E-state index is 0.267. The molecule has 1 amide bonds. The van der Waals surface area contributed by atoms with Gasteiger partial charge in [0.05, 0.1) is 17.9 Å². The molecule has 1 aliphatic carbocycles. The number of benzene rings is 1. The Labute approximate surface area is 134 Å². The summed E-state index contributed by atoms with van der Waals surface area (Å²) in [6.07, 6.45) is 4.74. The van der Waals surface area contributed by atoms with Gasteiger partial charge in [-0.3, -0.25) is 4.79 Å². The summed E-state index contributed by atoms with van der Waals surface area (Å²) < 4.78 is 10.3. The highest BCUT2D eigenvalue weighted by atomic mass is 16.5. The van der Waals surface area contributed by atoms with Crippen molar-refractivity contribution in [2.75, 3.05) is 6.61 Å². The van der Waals surface area contributed by atoms with Gasteiger partial charge >= 0.3 is 5.97 Å². The fraction of sp³-hybridized carbons (Fsp3) is 0.333. The van der Waals surface area contributed by atoms with Crippen molar-refractivity contribution >= 4 is 11.9 Å². The van der Waals surface area contributed by atoms with Gasteiger partial charge in [-0.25, -0.2) is 4.79 Å². The summed E-state index contributed by atoms with van der Waals surface area (Å²) >= 11 is 0. The summed E-state index contributed by atoms with van der Waals surface area (Å²) in [5, 5.41) is 2.72. The van der Waals surface area contributed by atoms with E-state index in [1.54, 1.807) is 31.4 Å². The molecule has 0 bridgehead atoms. The maximum atomic E-state index is 12.0. The molecule has 1 atom stereocenters. The van der Waals surface area contributed by atoms with Crippen molar-refractivity contribution in [3.8, 4) is 0 Å². The second-order valence-electron chi connectivity index (χ2n) is 5.72. The lowest BCUT2D eigenvalue weighted by atomic mass is 10.1. The second kappa shape index (κ2) is 6.69. The van der Waals surface area contributed by atoms with Crippen molar-refractivity contribution in [3.63, 3.8) is 0 Å². The molecule has 1 N–H and O–H groups in total. The standard InChI is InChI=1S/C18H19NO4/c1-12(16-6-3-9-22-16)19-17(20)11-23-18(21)15-8-7-13-4-2-5-14(13)10-15/h3,6-10,12H,2,4-5,11H2,1H3,(H,19,20)/t12-/m1/s1. The first-order valence-corrected chi connectivity index (χ1v) is 7.75. The van der Waals surface area contributed by atoms with Crippen LogP contribution in [0.15, 0.2) is 41.0 Å². The Morgan fingerprint density at radius 3 is 2.87 bits per heavy atom. The first kappa shape index (κ1) is 15.3. The molecule has 0 aliphatic heterocycles. The lowest BCUT2D eigenvalue weighted by molar-refractivity contribution is -0.125. The number of ether oxygens (including phenoxy) is 1. The normalized spacial score (nSPS) is 14.1. The van der Waals surface area contributed by atoms with Crippen LogP contribution in [0.2, 0.25) is 0 Å². The number of esters is 1. The number of rotatable bonds is 5. The van der Waals surface area contributed by atoms with Gasteiger partial charge in [-0.15, -0.1) is 0 Å². The molecule has 0 spiro atoms. The van der Waals surface area contributed by atoms with E-state index in [-0.39, 0.29) is 18.6 Å². The van der Waals surface area contributed by atoms with Crippen molar-refractivity contribution < 1.29 is 18.7 Å². The van der Waals surface area contributed by atoms with E-state index in [4.69, 9.17) is 9.15 Å². The Bertz CT molecular complexity index is 706. The van der Waals surface area contributed by atoms with Gasteiger partial charge in [-0.2, -0.15) is 0 Å². The van der Waals surface area contributed by atoms with Crippen molar-refractivity contribution in [2.24, 2.45) is 0 Å². The maximum absolute atomic E-state index is 12.0. The van der Waals surface area contributed by atoms with E-state index in [1.165, 1.54) is 11.1 Å². The quantitative estimate of drug-likeness (QED) is 0.862. The van der Waals surface area contributed by atoms with E-state index in [9.17, 15) is 9.59 Å². The largest absolute Gasteiger partial charge is 0.467 e. The first-order valence-electron chi connectivity index (χ1n) is 7.75. The summed E-state index contributed by atoms with van der Waals surface area (Å²) in [7, 11) is 0. The molecular weight excluding hydrogens is 294 g/mol. The van der Waals surface area contributed by atoms with Crippen LogP contribution in [0.3, 0.4) is 0 Å². The molecule has 5 heteroatoms. The topological polar surface area (TPSA) is 68.5 Å². The van der Waals surface area contributed by atoms with Crippen LogP contribution >= 0.6 is 0 Å². The molecule has 2 aromatic rings. The number of aryl methyl sites for hydroxylation is 2. The lowest BCUT2D eigenvalue weighted by Gasteiger charge is -2.11. The van der Waals surface area contributed by atoms with Crippen LogP contribution in [0.25, 0.3) is 0 Å². The molecule has 0 saturated carbocycles. The molecule has 0 unspecified atom stereocenters. The summed E-state index contributed by atoms with van der Waals surface area (Å²) in [6.45, 7) is 1.50. The molecule has 0 fully saturated rings. The van der Waals surface area contributed by atoms with Crippen LogP contribution < -0.4 is 5.32 Å². The Morgan fingerprint density at radius 1 is 1.26 bits per heavy atom. The zero-order valence-corrected chi connectivity index (χ0v) is 13.0. The SMILES string of the molecule is C[C@@H](NC(=O)COC(=O)c1ccc2c(c1)CCC2)c1ccco1. The molecule has 5 nitrogen and oxygen atoms in total. The van der Waals surface area contributed by atoms with E-state index in [0.717, 1.165) is 19.3 Å². The predicted octanol–water partition coefficient (Wildman–Crippen LogP) is 2.80. The highest BCUT2D eigenvalue weighted by Gasteiger charge is 2.17. The third kappa shape index (κ3) is 3.62. The molecule has 120 valence electrons. The van der Waals surface area contributed by atoms with Crippen LogP contribution in [-0.4, -0.2) is 18.5 Å². The Hall–Kier alpha value is -2.56. The van der Waals surface area contributed by atoms with Crippen molar-refractivity contribution in [2.45, 2.75) is 32.2 Å². The fourth-order valence-corrected chi connectivity index (χ4v) is 2.81. The molecule has 1 heterocycles. The van der Waals surface area contributed by atoms with Gasteiger partial charge in [0.25, 0.3) is 5.91 Å². The highest BCUT2D eigenvalue weighted by molar-refractivity contribution is 5.91. The van der Waals surface area contributed by atoms with Gasteiger partial charge in [-0.1, -0.05) is 6.07 Å². The Kier molecular flexibility index (Phi) is 4.46. The van der Waals surface area contributed by atoms with E-state index in [1.807, 2.05) is 12.1 Å². The molecule has 3 rings (SSSR count). The van der Waals surface area contributed by atoms with E-state index in [2.05, 4.69) is 5.32 Å². The Morgan fingerprint density at radius 2 is 2.09 bits per heavy atom. The van der Waals surface area contributed by atoms with E-state index in [0.29, 0.717) is 11.3 Å². The average Bonchev–Trinajstić information content (AvgIpc) is 3.22. The summed E-state index contributed by atoms with van der Waals surface area (Å²) in [4.78, 5) is 23.9. The third-order valence-electron chi connectivity index (χ3n) is 4.02. The lowest BCUT2D eigenvalue weighted by Crippen LogP contribution is -2.31. The molecular formula is C18H19NO4. The van der Waals surface area contributed by atoms with Crippen molar-refractivity contribution in [1.29, 1.82) is 0 Å². The molecule has 0 saturated heterocycles. The Balaban J connectivity index is 1.51. The number of carbonyl (C=O) groups is 2. The number of furan rings is 1. The molecule has 1 aliphatic rings. The van der Waals surface area contributed by atoms with Gasteiger partial charge in [0, 0.05) is 0 Å². The molecule has 1 aromatic carbocycles. The number of carbonyl (C=O) groups excluding carboxylic acids is 2. The van der Waals surface area contributed by atoms with Gasteiger partial charge in [0.15, 0.2) is 6.61 Å². The van der Waals surface area contributed by atoms with Gasteiger partial charge in [0.2, 0.25) is 0 Å². The minimum atomic E-state index is -0.472. The summed E-state index contributed by atoms with van der Waals surface area (Å²) in [5.74, 6) is -0.174. The minimum Gasteiger partial charge on any atom is -0.467 e.